The van der Waals surface area contributed by atoms with E-state index in [9.17, 15) is 9.90 Å². The first-order valence-electron chi connectivity index (χ1n) is 6.31. The maximum Gasteiger partial charge on any atom is 0.289 e. The smallest absolute Gasteiger partial charge is 0.289 e. The van der Waals surface area contributed by atoms with Crippen LogP contribution in [0, 0.1) is 19.3 Å². The normalized spacial score (nSPS) is 11.6. The molecule has 0 aliphatic rings. The molecule has 0 atom stereocenters. The molecule has 102 valence electrons. The molecule has 0 saturated carbocycles. The van der Waals surface area contributed by atoms with Gasteiger partial charge in [-0.1, -0.05) is 13.8 Å². The summed E-state index contributed by atoms with van der Waals surface area (Å²) in [4.78, 5) is 16.0. The van der Waals surface area contributed by atoms with Gasteiger partial charge in [0.15, 0.2) is 5.89 Å². The second-order valence-corrected chi connectivity index (χ2v) is 4.70. The first kappa shape index (κ1) is 14.7. The van der Waals surface area contributed by atoms with Crippen LogP contribution in [0.1, 0.15) is 48.8 Å². The van der Waals surface area contributed by atoms with Gasteiger partial charge >= 0.3 is 0 Å². The fourth-order valence-corrected chi connectivity index (χ4v) is 1.87. The summed E-state index contributed by atoms with van der Waals surface area (Å²) >= 11 is 0. The van der Waals surface area contributed by atoms with Crippen LogP contribution in [-0.4, -0.2) is 29.1 Å². The molecule has 0 spiro atoms. The SMILES string of the molecule is CCC(CC)(CO)CNC(=O)c1oc(C)nc1C. The van der Waals surface area contributed by atoms with Gasteiger partial charge in [-0.05, 0) is 19.8 Å². The summed E-state index contributed by atoms with van der Waals surface area (Å²) < 4.78 is 5.26. The first-order chi connectivity index (χ1) is 8.48. The average molecular weight is 254 g/mol. The maximum atomic E-state index is 11.9. The van der Waals surface area contributed by atoms with E-state index in [0.717, 1.165) is 12.8 Å². The van der Waals surface area contributed by atoms with E-state index in [0.29, 0.717) is 18.1 Å². The van der Waals surface area contributed by atoms with Gasteiger partial charge in [0.25, 0.3) is 5.91 Å². The lowest BCUT2D eigenvalue weighted by molar-refractivity contribution is 0.0825. The molecule has 0 saturated heterocycles. The number of amides is 1. The number of aliphatic hydroxyl groups excluding tert-OH is 1. The summed E-state index contributed by atoms with van der Waals surface area (Å²) in [5.41, 5.74) is 0.339. The Labute approximate surface area is 108 Å². The van der Waals surface area contributed by atoms with E-state index in [-0.39, 0.29) is 23.7 Å². The van der Waals surface area contributed by atoms with Crippen molar-refractivity contribution in [3.8, 4) is 0 Å². The van der Waals surface area contributed by atoms with Crippen molar-refractivity contribution in [3.63, 3.8) is 0 Å². The monoisotopic (exact) mass is 254 g/mol. The molecule has 0 radical (unpaired) electrons. The molecule has 18 heavy (non-hydrogen) atoms. The molecule has 0 aromatic carbocycles. The van der Waals surface area contributed by atoms with E-state index < -0.39 is 0 Å². The van der Waals surface area contributed by atoms with Crippen LogP contribution in [0.15, 0.2) is 4.42 Å². The van der Waals surface area contributed by atoms with E-state index in [2.05, 4.69) is 10.3 Å². The Morgan fingerprint density at radius 2 is 2.00 bits per heavy atom. The highest BCUT2D eigenvalue weighted by Gasteiger charge is 2.27. The molecule has 2 N–H and O–H groups in total. The van der Waals surface area contributed by atoms with Crippen LogP contribution in [0.5, 0.6) is 0 Å². The van der Waals surface area contributed by atoms with Crippen molar-refractivity contribution in [1.29, 1.82) is 0 Å². The Morgan fingerprint density at radius 1 is 1.39 bits per heavy atom. The topological polar surface area (TPSA) is 75.4 Å². The highest BCUT2D eigenvalue weighted by atomic mass is 16.4. The first-order valence-corrected chi connectivity index (χ1v) is 6.31. The van der Waals surface area contributed by atoms with Crippen LogP contribution in [0.3, 0.4) is 0 Å². The Morgan fingerprint density at radius 3 is 2.39 bits per heavy atom. The van der Waals surface area contributed by atoms with Gasteiger partial charge in [-0.2, -0.15) is 0 Å². The summed E-state index contributed by atoms with van der Waals surface area (Å²) in [5, 5.41) is 12.2. The van der Waals surface area contributed by atoms with Crippen molar-refractivity contribution in [2.24, 2.45) is 5.41 Å². The molecule has 0 bridgehead atoms. The predicted octanol–water partition coefficient (Wildman–Crippen LogP) is 1.82. The van der Waals surface area contributed by atoms with Crippen molar-refractivity contribution < 1.29 is 14.3 Å². The second kappa shape index (κ2) is 6.00. The third kappa shape index (κ3) is 3.10. The lowest BCUT2D eigenvalue weighted by atomic mass is 9.83. The Kier molecular flexibility index (Phi) is 4.90. The van der Waals surface area contributed by atoms with Gasteiger partial charge in [-0.3, -0.25) is 4.79 Å². The molecule has 5 heteroatoms. The van der Waals surface area contributed by atoms with Crippen molar-refractivity contribution >= 4 is 5.91 Å². The van der Waals surface area contributed by atoms with Gasteiger partial charge in [-0.15, -0.1) is 0 Å². The number of rotatable bonds is 6. The summed E-state index contributed by atoms with van der Waals surface area (Å²) in [6.45, 7) is 7.97. The molecule has 0 aliphatic heterocycles. The Balaban J connectivity index is 2.69. The number of carbonyl (C=O) groups is 1. The lowest BCUT2D eigenvalue weighted by Gasteiger charge is -2.29. The molecule has 1 aromatic rings. The molecule has 1 rings (SSSR count). The molecular formula is C13H22N2O3. The molecular weight excluding hydrogens is 232 g/mol. The minimum Gasteiger partial charge on any atom is -0.436 e. The van der Waals surface area contributed by atoms with Crippen LogP contribution >= 0.6 is 0 Å². The van der Waals surface area contributed by atoms with Gasteiger partial charge < -0.3 is 14.8 Å². The zero-order chi connectivity index (χ0) is 13.8. The number of hydrogen-bond donors (Lipinski definition) is 2. The van der Waals surface area contributed by atoms with Crippen LogP contribution in [-0.2, 0) is 0 Å². The lowest BCUT2D eigenvalue weighted by Crippen LogP contribution is -2.39. The highest BCUT2D eigenvalue weighted by Crippen LogP contribution is 2.24. The van der Waals surface area contributed by atoms with Crippen LogP contribution < -0.4 is 5.32 Å². The standard InChI is InChI=1S/C13H22N2O3/c1-5-13(6-2,8-16)7-14-12(17)11-9(3)15-10(4)18-11/h16H,5-8H2,1-4H3,(H,14,17). The molecule has 0 aliphatic carbocycles. The molecule has 1 aromatic heterocycles. The minimum absolute atomic E-state index is 0.0642. The minimum atomic E-state index is -0.271. The zero-order valence-electron chi connectivity index (χ0n) is 11.5. The number of nitrogens with zero attached hydrogens (tertiary/aromatic N) is 1. The quantitative estimate of drug-likeness (QED) is 0.812. The number of hydrogen-bond acceptors (Lipinski definition) is 4. The largest absolute Gasteiger partial charge is 0.436 e. The van der Waals surface area contributed by atoms with Crippen molar-refractivity contribution in [2.75, 3.05) is 13.2 Å². The van der Waals surface area contributed by atoms with Crippen LogP contribution in [0.25, 0.3) is 0 Å². The van der Waals surface area contributed by atoms with Gasteiger partial charge in [-0.25, -0.2) is 4.98 Å². The number of aryl methyl sites for hydroxylation is 2. The van der Waals surface area contributed by atoms with E-state index in [1.807, 2.05) is 13.8 Å². The van der Waals surface area contributed by atoms with E-state index in [4.69, 9.17) is 4.42 Å². The summed E-state index contributed by atoms with van der Waals surface area (Å²) in [6, 6.07) is 0. The second-order valence-electron chi connectivity index (χ2n) is 4.70. The fourth-order valence-electron chi connectivity index (χ4n) is 1.87. The molecule has 0 fully saturated rings. The average Bonchev–Trinajstić information content (AvgIpc) is 2.70. The van der Waals surface area contributed by atoms with Crippen LogP contribution in [0.4, 0.5) is 0 Å². The number of aliphatic hydroxyl groups is 1. The van der Waals surface area contributed by atoms with E-state index >= 15 is 0 Å². The number of nitrogens with one attached hydrogen (secondary N) is 1. The van der Waals surface area contributed by atoms with E-state index in [1.165, 1.54) is 0 Å². The molecule has 5 nitrogen and oxygen atoms in total. The summed E-state index contributed by atoms with van der Waals surface area (Å²) in [7, 11) is 0. The van der Waals surface area contributed by atoms with Gasteiger partial charge in [0, 0.05) is 18.9 Å². The third-order valence-corrected chi connectivity index (χ3v) is 3.57. The predicted molar refractivity (Wildman–Crippen MR) is 68.4 cm³/mol. The van der Waals surface area contributed by atoms with Gasteiger partial charge in [0.2, 0.25) is 5.76 Å². The van der Waals surface area contributed by atoms with Gasteiger partial charge in [0.05, 0.1) is 12.3 Å². The summed E-state index contributed by atoms with van der Waals surface area (Å²) in [6.07, 6.45) is 1.63. The number of aromatic nitrogens is 1. The van der Waals surface area contributed by atoms with Crippen molar-refractivity contribution in [1.82, 2.24) is 10.3 Å². The van der Waals surface area contributed by atoms with Crippen molar-refractivity contribution in [2.45, 2.75) is 40.5 Å². The third-order valence-electron chi connectivity index (χ3n) is 3.57. The number of carbonyl (C=O) groups excluding carboxylic acids is 1. The Hall–Kier alpha value is -1.36. The summed E-state index contributed by atoms with van der Waals surface area (Å²) in [5.74, 6) is 0.469. The fraction of sp³-hybridized carbons (Fsp3) is 0.692. The number of oxazole rings is 1. The maximum absolute atomic E-state index is 11.9. The molecule has 0 unspecified atom stereocenters. The zero-order valence-corrected chi connectivity index (χ0v) is 11.5. The van der Waals surface area contributed by atoms with E-state index in [1.54, 1.807) is 13.8 Å². The molecule has 1 amide bonds. The Bertz CT molecular complexity index is 400. The molecule has 1 heterocycles. The van der Waals surface area contributed by atoms with Crippen LogP contribution in [0.2, 0.25) is 0 Å². The highest BCUT2D eigenvalue weighted by molar-refractivity contribution is 5.92. The van der Waals surface area contributed by atoms with Crippen molar-refractivity contribution in [3.05, 3.63) is 17.3 Å². The van der Waals surface area contributed by atoms with Gasteiger partial charge in [0.1, 0.15) is 0 Å².